The maximum Gasteiger partial charge on any atom is 0.0720 e. The largest absolute Gasteiger partial charge is 0.257 e. The first-order valence-electron chi connectivity index (χ1n) is 12.3. The summed E-state index contributed by atoms with van der Waals surface area (Å²) in [6, 6.07) is 27.9. The maximum atomic E-state index is 4.95. The average molecular weight is 646 g/mol. The number of fused-ring (bicyclic) bond motifs is 6. The van der Waals surface area contributed by atoms with Crippen LogP contribution in [0.2, 0.25) is 0 Å². The molecule has 181 valence electrons. The molecule has 0 N–H and O–H groups in total. The number of nitrogens with zero attached hydrogens (tertiary/aromatic N) is 2. The van der Waals surface area contributed by atoms with Gasteiger partial charge in [-0.15, -0.1) is 5.56 Å². The smallest absolute Gasteiger partial charge is 0.0720 e. The molecular formula is C33H29IrN2-. The van der Waals surface area contributed by atoms with Crippen LogP contribution in [0.4, 0.5) is 0 Å². The van der Waals surface area contributed by atoms with Crippen LogP contribution in [-0.2, 0) is 20.1 Å². The first-order valence-corrected chi connectivity index (χ1v) is 12.3. The second kappa shape index (κ2) is 9.00. The van der Waals surface area contributed by atoms with Gasteiger partial charge in [0.05, 0.1) is 11.2 Å². The normalized spacial score (nSPS) is 11.4. The molecule has 6 rings (SSSR count). The van der Waals surface area contributed by atoms with Gasteiger partial charge in [-0.2, -0.15) is 23.3 Å². The molecule has 2 heterocycles. The number of aryl methyl sites for hydroxylation is 6. The Morgan fingerprint density at radius 2 is 1.28 bits per heavy atom. The minimum absolute atomic E-state index is 0. The van der Waals surface area contributed by atoms with Crippen LogP contribution in [0.15, 0.2) is 66.7 Å². The van der Waals surface area contributed by atoms with Crippen molar-refractivity contribution >= 4 is 27.2 Å². The summed E-state index contributed by atoms with van der Waals surface area (Å²) in [6.45, 7) is 13.1. The van der Waals surface area contributed by atoms with Crippen LogP contribution in [0.1, 0.15) is 33.5 Å². The Balaban J connectivity index is 0.00000267. The Labute approximate surface area is 226 Å². The van der Waals surface area contributed by atoms with Crippen LogP contribution in [0.25, 0.3) is 49.4 Å². The molecule has 0 spiro atoms. The van der Waals surface area contributed by atoms with Crippen LogP contribution in [0.3, 0.4) is 0 Å². The van der Waals surface area contributed by atoms with E-state index in [4.69, 9.17) is 5.10 Å². The van der Waals surface area contributed by atoms with Gasteiger partial charge in [0.2, 0.25) is 0 Å². The fourth-order valence-electron chi connectivity index (χ4n) is 6.07. The molecule has 0 unspecified atom stereocenters. The second-order valence-electron chi connectivity index (χ2n) is 9.97. The number of hydrogen-bond acceptors (Lipinski definition) is 1. The molecule has 0 aliphatic heterocycles. The van der Waals surface area contributed by atoms with Crippen molar-refractivity contribution < 1.29 is 20.1 Å². The number of aromatic nitrogens is 2. The quantitative estimate of drug-likeness (QED) is 0.136. The zero-order valence-corrected chi connectivity index (χ0v) is 24.0. The summed E-state index contributed by atoms with van der Waals surface area (Å²) in [7, 11) is 0. The predicted octanol–water partition coefficient (Wildman–Crippen LogP) is 8.62. The molecule has 0 saturated carbocycles. The van der Waals surface area contributed by atoms with Gasteiger partial charge in [-0.3, -0.25) is 4.52 Å². The monoisotopic (exact) mass is 646 g/mol. The molecule has 1 radical (unpaired) electrons. The Bertz CT molecular complexity index is 1760. The maximum absolute atomic E-state index is 4.95. The van der Waals surface area contributed by atoms with Gasteiger partial charge in [-0.25, -0.2) is 0 Å². The molecule has 36 heavy (non-hydrogen) atoms. The molecule has 0 bridgehead atoms. The molecule has 2 nitrogen and oxygen atoms in total. The molecule has 0 amide bonds. The van der Waals surface area contributed by atoms with Crippen molar-refractivity contribution in [1.29, 1.82) is 0 Å². The summed E-state index contributed by atoms with van der Waals surface area (Å²) in [5.74, 6) is 0. The molecule has 0 fully saturated rings. The van der Waals surface area contributed by atoms with E-state index in [1.165, 1.54) is 66.2 Å². The van der Waals surface area contributed by atoms with Crippen molar-refractivity contribution in [2.75, 3.05) is 0 Å². The third-order valence-corrected chi connectivity index (χ3v) is 7.31. The van der Waals surface area contributed by atoms with Crippen LogP contribution >= 0.6 is 0 Å². The van der Waals surface area contributed by atoms with Crippen LogP contribution < -0.4 is 0 Å². The van der Waals surface area contributed by atoms with E-state index in [1.807, 2.05) is 6.07 Å². The zero-order chi connectivity index (χ0) is 24.4. The van der Waals surface area contributed by atoms with Gasteiger partial charge in [-0.05, 0) is 92.1 Å². The molecule has 6 aromatic rings. The fourth-order valence-corrected chi connectivity index (χ4v) is 6.07. The Kier molecular flexibility index (Phi) is 6.11. The van der Waals surface area contributed by atoms with Gasteiger partial charge in [0.1, 0.15) is 0 Å². The molecule has 0 atom stereocenters. The van der Waals surface area contributed by atoms with Crippen molar-refractivity contribution in [3.63, 3.8) is 0 Å². The Morgan fingerprint density at radius 3 is 1.97 bits per heavy atom. The van der Waals surface area contributed by atoms with Gasteiger partial charge in [0.15, 0.2) is 0 Å². The van der Waals surface area contributed by atoms with Gasteiger partial charge < -0.3 is 0 Å². The van der Waals surface area contributed by atoms with Gasteiger partial charge >= 0.3 is 0 Å². The molecule has 0 saturated heterocycles. The van der Waals surface area contributed by atoms with Gasteiger partial charge in [0.25, 0.3) is 0 Å². The molecule has 0 aliphatic carbocycles. The SMILES string of the molecule is Cc1cc(C)c(-c2cc[c-]c3c2c2cccc(-c4c(C)cccc4C)c2c2cc(C)nn32)c(C)c1.[Ir]. The van der Waals surface area contributed by atoms with E-state index in [1.54, 1.807) is 0 Å². The third kappa shape index (κ3) is 3.61. The summed E-state index contributed by atoms with van der Waals surface area (Å²) in [5.41, 5.74) is 14.7. The van der Waals surface area contributed by atoms with E-state index in [-0.39, 0.29) is 20.1 Å². The minimum Gasteiger partial charge on any atom is -0.257 e. The molecule has 3 heteroatoms. The van der Waals surface area contributed by atoms with Crippen molar-refractivity contribution in [2.24, 2.45) is 0 Å². The third-order valence-electron chi connectivity index (χ3n) is 7.31. The first kappa shape index (κ1) is 24.4. The molecule has 4 aromatic carbocycles. The van der Waals surface area contributed by atoms with Gasteiger partial charge in [0, 0.05) is 25.5 Å². The van der Waals surface area contributed by atoms with E-state index in [2.05, 4.69) is 113 Å². The van der Waals surface area contributed by atoms with E-state index in [9.17, 15) is 0 Å². The summed E-state index contributed by atoms with van der Waals surface area (Å²) < 4.78 is 2.10. The van der Waals surface area contributed by atoms with Crippen LogP contribution in [0, 0.1) is 47.6 Å². The summed E-state index contributed by atoms with van der Waals surface area (Å²) in [6.07, 6.45) is 0. The Hall–Kier alpha value is -3.26. The van der Waals surface area contributed by atoms with Crippen LogP contribution in [-0.4, -0.2) is 9.61 Å². The zero-order valence-electron chi connectivity index (χ0n) is 21.6. The number of rotatable bonds is 2. The van der Waals surface area contributed by atoms with Crippen molar-refractivity contribution in [2.45, 2.75) is 41.5 Å². The topological polar surface area (TPSA) is 17.3 Å². The number of pyridine rings is 1. The average Bonchev–Trinajstić information content (AvgIpc) is 3.20. The fraction of sp³-hybridized carbons (Fsp3) is 0.182. The van der Waals surface area contributed by atoms with Crippen molar-refractivity contribution in [1.82, 2.24) is 9.61 Å². The number of benzene rings is 4. The van der Waals surface area contributed by atoms with Gasteiger partial charge in [-0.1, -0.05) is 64.9 Å². The summed E-state index contributed by atoms with van der Waals surface area (Å²) >= 11 is 0. The summed E-state index contributed by atoms with van der Waals surface area (Å²) in [5, 5.41) is 8.66. The number of hydrogen-bond donors (Lipinski definition) is 0. The van der Waals surface area contributed by atoms with Crippen LogP contribution in [0.5, 0.6) is 0 Å². The van der Waals surface area contributed by atoms with E-state index in [0.29, 0.717) is 0 Å². The molecular weight excluding hydrogens is 617 g/mol. The van der Waals surface area contributed by atoms with E-state index < -0.39 is 0 Å². The Morgan fingerprint density at radius 1 is 0.667 bits per heavy atom. The predicted molar refractivity (Wildman–Crippen MR) is 148 cm³/mol. The second-order valence-corrected chi connectivity index (χ2v) is 9.97. The minimum atomic E-state index is 0. The summed E-state index contributed by atoms with van der Waals surface area (Å²) in [4.78, 5) is 0. The van der Waals surface area contributed by atoms with E-state index in [0.717, 1.165) is 16.7 Å². The standard InChI is InChI=1S/C33H29N2.Ir/c1-19-16-22(4)31(23(5)17-19)26-14-9-15-28-32(26)27-13-8-12-25(30-20(2)10-7-11-21(30)3)33(27)29-18-24(6)34-35(28)29;/h7-14,16-18H,1-6H3;/q-1;. The van der Waals surface area contributed by atoms with Crippen molar-refractivity contribution in [3.8, 4) is 22.3 Å². The first-order chi connectivity index (χ1) is 16.8. The molecule has 2 aromatic heterocycles. The van der Waals surface area contributed by atoms with E-state index >= 15 is 0 Å². The molecule has 0 aliphatic rings. The van der Waals surface area contributed by atoms with Crippen molar-refractivity contribution in [3.05, 3.63) is 106 Å².